The normalized spacial score (nSPS) is 17.9. The minimum atomic E-state index is -5.05. The van der Waals surface area contributed by atoms with Crippen molar-refractivity contribution in [1.29, 1.82) is 0 Å². The van der Waals surface area contributed by atoms with Gasteiger partial charge in [0, 0.05) is 32.4 Å². The third-order valence-electron chi connectivity index (χ3n) is 5.06. The molecule has 1 aliphatic heterocycles. The van der Waals surface area contributed by atoms with Gasteiger partial charge in [-0.15, -0.1) is 0 Å². The number of hydrogen-bond acceptors (Lipinski definition) is 4. The number of benzene rings is 1. The number of anilines is 1. The van der Waals surface area contributed by atoms with Crippen molar-refractivity contribution in [3.8, 4) is 0 Å². The van der Waals surface area contributed by atoms with Crippen LogP contribution in [-0.2, 0) is 17.5 Å². The van der Waals surface area contributed by atoms with Crippen LogP contribution >= 0.6 is 11.6 Å². The van der Waals surface area contributed by atoms with Crippen molar-refractivity contribution >= 4 is 23.4 Å². The van der Waals surface area contributed by atoms with E-state index in [0.717, 1.165) is 5.56 Å². The maximum absolute atomic E-state index is 13.4. The molecule has 0 aliphatic carbocycles. The van der Waals surface area contributed by atoms with Crippen molar-refractivity contribution in [1.82, 2.24) is 9.88 Å². The minimum absolute atomic E-state index is 0.172. The summed E-state index contributed by atoms with van der Waals surface area (Å²) in [7, 11) is 0. The van der Waals surface area contributed by atoms with E-state index in [-0.39, 0.29) is 25.3 Å². The Hall–Kier alpha value is -2.46. The predicted molar refractivity (Wildman–Crippen MR) is 104 cm³/mol. The molecule has 1 aromatic carbocycles. The monoisotopic (exact) mass is 463 g/mol. The largest absolute Gasteiger partial charge is 0.481 e. The highest BCUT2D eigenvalue weighted by molar-refractivity contribution is 6.34. The molecule has 3 rings (SSSR count). The number of aliphatic carboxylic acids is 1. The molecule has 1 saturated heterocycles. The van der Waals surface area contributed by atoms with Crippen LogP contribution < -0.4 is 4.90 Å². The first-order chi connectivity index (χ1) is 14.6. The fourth-order valence-corrected chi connectivity index (χ4v) is 4.03. The second kappa shape index (κ2) is 9.35. The molecule has 0 spiro atoms. The van der Waals surface area contributed by atoms with Crippen LogP contribution in [0.1, 0.15) is 29.5 Å². The van der Waals surface area contributed by atoms with E-state index in [1.165, 1.54) is 4.90 Å². The summed E-state index contributed by atoms with van der Waals surface area (Å²) in [5, 5.41) is 8.49. The molecule has 2 aromatic rings. The van der Waals surface area contributed by atoms with Gasteiger partial charge in [0.25, 0.3) is 6.43 Å². The Morgan fingerprint density at radius 1 is 1.23 bits per heavy atom. The number of hydrogen-bond donors (Lipinski definition) is 1. The van der Waals surface area contributed by atoms with Gasteiger partial charge in [0.1, 0.15) is 5.82 Å². The van der Waals surface area contributed by atoms with Gasteiger partial charge >= 0.3 is 12.1 Å². The van der Waals surface area contributed by atoms with Crippen LogP contribution in [0.2, 0.25) is 5.02 Å². The van der Waals surface area contributed by atoms with Crippen LogP contribution in [0.3, 0.4) is 0 Å². The predicted octanol–water partition coefficient (Wildman–Crippen LogP) is 4.86. The van der Waals surface area contributed by atoms with Crippen LogP contribution in [0, 0.1) is 0 Å². The highest BCUT2D eigenvalue weighted by atomic mass is 35.5. The zero-order valence-electron chi connectivity index (χ0n) is 16.1. The van der Waals surface area contributed by atoms with E-state index < -0.39 is 40.8 Å². The van der Waals surface area contributed by atoms with E-state index in [0.29, 0.717) is 19.3 Å². The molecule has 0 amide bonds. The van der Waals surface area contributed by atoms with Gasteiger partial charge in [-0.1, -0.05) is 41.9 Å². The minimum Gasteiger partial charge on any atom is -0.481 e. The first-order valence-electron chi connectivity index (χ1n) is 9.36. The number of halogens is 6. The molecule has 1 aliphatic rings. The first kappa shape index (κ1) is 23.2. The third kappa shape index (κ3) is 5.43. The van der Waals surface area contributed by atoms with Crippen LogP contribution in [0.25, 0.3) is 0 Å². The number of aromatic nitrogens is 1. The van der Waals surface area contributed by atoms with E-state index in [9.17, 15) is 31.9 Å². The second-order valence-corrected chi connectivity index (χ2v) is 7.57. The number of carboxylic acid groups (broad SMARTS) is 1. The molecule has 1 aromatic heterocycles. The molecule has 31 heavy (non-hydrogen) atoms. The average Bonchev–Trinajstić information content (AvgIpc) is 2.67. The van der Waals surface area contributed by atoms with E-state index in [2.05, 4.69) is 4.98 Å². The second-order valence-electron chi connectivity index (χ2n) is 7.19. The van der Waals surface area contributed by atoms with Gasteiger partial charge in [0.05, 0.1) is 28.6 Å². The van der Waals surface area contributed by atoms with Crippen LogP contribution in [0.15, 0.2) is 36.5 Å². The topological polar surface area (TPSA) is 56.7 Å². The summed E-state index contributed by atoms with van der Waals surface area (Å²) in [5.74, 6) is -1.40. The molecule has 1 N–H and O–H groups in total. The van der Waals surface area contributed by atoms with Gasteiger partial charge in [0.15, 0.2) is 0 Å². The molecular weight excluding hydrogens is 445 g/mol. The molecular formula is C20H19ClF5N3O2. The molecule has 11 heteroatoms. The lowest BCUT2D eigenvalue weighted by Gasteiger charge is -2.42. The molecule has 1 unspecified atom stereocenters. The highest BCUT2D eigenvalue weighted by Crippen LogP contribution is 2.43. The van der Waals surface area contributed by atoms with E-state index in [4.69, 9.17) is 11.6 Å². The Morgan fingerprint density at radius 2 is 1.90 bits per heavy atom. The van der Waals surface area contributed by atoms with E-state index in [1.54, 1.807) is 0 Å². The summed E-state index contributed by atoms with van der Waals surface area (Å²) in [5.41, 5.74) is -1.94. The third-order valence-corrected chi connectivity index (χ3v) is 5.43. The Kier molecular flexibility index (Phi) is 7.00. The lowest BCUT2D eigenvalue weighted by molar-refractivity contribution is -0.140. The number of alkyl halides is 5. The van der Waals surface area contributed by atoms with Gasteiger partial charge < -0.3 is 10.0 Å². The summed E-state index contributed by atoms with van der Waals surface area (Å²) < 4.78 is 66.3. The Bertz CT molecular complexity index is 927. The molecule has 1 fully saturated rings. The summed E-state index contributed by atoms with van der Waals surface area (Å²) in [6.45, 7) is 1.39. The van der Waals surface area contributed by atoms with Crippen molar-refractivity contribution in [2.45, 2.75) is 31.6 Å². The van der Waals surface area contributed by atoms with E-state index >= 15 is 0 Å². The van der Waals surface area contributed by atoms with Crippen LogP contribution in [-0.4, -0.2) is 46.6 Å². The fourth-order valence-electron chi connectivity index (χ4n) is 3.69. The summed E-state index contributed by atoms with van der Waals surface area (Å²) in [4.78, 5) is 18.5. The summed E-state index contributed by atoms with van der Waals surface area (Å²) >= 11 is 5.97. The SMILES string of the molecule is O=C(O)CC1CN(Cc2ccccc2)CCN1c1ncc(C(F)(F)F)c(C(F)F)c1Cl. The lowest BCUT2D eigenvalue weighted by atomic mass is 10.1. The highest BCUT2D eigenvalue weighted by Gasteiger charge is 2.40. The molecule has 0 radical (unpaired) electrons. The standard InChI is InChI=1S/C20H19ClF5N3O2/c21-17-16(18(22)23)14(20(24,25)26)9-27-19(17)29-7-6-28(11-13(29)8-15(30)31)10-12-4-2-1-3-5-12/h1-5,9,13,18H,6-8,10-11H2,(H,30,31). The molecule has 0 saturated carbocycles. The summed E-state index contributed by atoms with van der Waals surface area (Å²) in [6.07, 6.45) is -8.54. The number of nitrogens with zero attached hydrogens (tertiary/aromatic N) is 3. The molecule has 1 atom stereocenters. The molecule has 5 nitrogen and oxygen atoms in total. The summed E-state index contributed by atoms with van der Waals surface area (Å²) in [6, 6.07) is 8.75. The smallest absolute Gasteiger partial charge is 0.418 e. The Balaban J connectivity index is 1.92. The first-order valence-corrected chi connectivity index (χ1v) is 9.74. The fraction of sp³-hybridized carbons (Fsp3) is 0.400. The number of carbonyl (C=O) groups is 1. The van der Waals surface area contributed by atoms with Crippen molar-refractivity contribution < 1.29 is 31.9 Å². The van der Waals surface area contributed by atoms with E-state index in [1.807, 2.05) is 35.2 Å². The molecule has 2 heterocycles. The quantitative estimate of drug-likeness (QED) is 0.620. The van der Waals surface area contributed by atoms with Gasteiger partial charge in [-0.2, -0.15) is 13.2 Å². The van der Waals surface area contributed by atoms with Crippen LogP contribution in [0.4, 0.5) is 27.8 Å². The van der Waals surface area contributed by atoms with Crippen molar-refractivity contribution in [2.75, 3.05) is 24.5 Å². The molecule has 168 valence electrons. The average molecular weight is 464 g/mol. The number of carboxylic acids is 1. The van der Waals surface area contributed by atoms with Crippen LogP contribution in [0.5, 0.6) is 0 Å². The zero-order chi connectivity index (χ0) is 22.8. The van der Waals surface area contributed by atoms with Crippen molar-refractivity contribution in [2.24, 2.45) is 0 Å². The van der Waals surface area contributed by atoms with Gasteiger partial charge in [0.2, 0.25) is 0 Å². The van der Waals surface area contributed by atoms with Crippen molar-refractivity contribution in [3.05, 3.63) is 58.2 Å². The van der Waals surface area contributed by atoms with Crippen molar-refractivity contribution in [3.63, 3.8) is 0 Å². The Labute approximate surface area is 180 Å². The number of rotatable bonds is 6. The number of piperazine rings is 1. The van der Waals surface area contributed by atoms with Gasteiger partial charge in [-0.05, 0) is 5.56 Å². The van der Waals surface area contributed by atoms with Gasteiger partial charge in [-0.25, -0.2) is 13.8 Å². The lowest BCUT2D eigenvalue weighted by Crippen LogP contribution is -2.54. The molecule has 0 bridgehead atoms. The number of pyridine rings is 1. The Morgan fingerprint density at radius 3 is 2.48 bits per heavy atom. The zero-order valence-corrected chi connectivity index (χ0v) is 16.9. The maximum Gasteiger partial charge on any atom is 0.418 e. The maximum atomic E-state index is 13.4. The van der Waals surface area contributed by atoms with Gasteiger partial charge in [-0.3, -0.25) is 9.69 Å².